The summed E-state index contributed by atoms with van der Waals surface area (Å²) in [5.74, 6) is 1.21. The van der Waals surface area contributed by atoms with Gasteiger partial charge in [0.05, 0.1) is 12.0 Å². The van der Waals surface area contributed by atoms with Crippen LogP contribution in [0.25, 0.3) is 0 Å². The third kappa shape index (κ3) is 2.08. The first-order chi connectivity index (χ1) is 10.9. The van der Waals surface area contributed by atoms with Crippen molar-refractivity contribution in [1.29, 1.82) is 0 Å². The highest BCUT2D eigenvalue weighted by atomic mass is 16.4. The SMILES string of the molecule is C[C@@]12CC[C@@H]3[C@H](CC=C4C[C@@H](O)CC[C@@]43C)[C@H]1CC[C@H]2C(=O)O. The van der Waals surface area contributed by atoms with Crippen molar-refractivity contribution in [2.75, 3.05) is 0 Å². The summed E-state index contributed by atoms with van der Waals surface area (Å²) in [4.78, 5) is 11.7. The topological polar surface area (TPSA) is 57.5 Å². The first-order valence-corrected chi connectivity index (χ1v) is 9.46. The van der Waals surface area contributed by atoms with Gasteiger partial charge in [0.25, 0.3) is 0 Å². The van der Waals surface area contributed by atoms with E-state index in [0.29, 0.717) is 17.8 Å². The summed E-state index contributed by atoms with van der Waals surface area (Å²) in [5.41, 5.74) is 1.75. The van der Waals surface area contributed by atoms with Gasteiger partial charge in [-0.2, -0.15) is 0 Å². The second-order valence-corrected chi connectivity index (χ2v) is 9.17. The van der Waals surface area contributed by atoms with E-state index in [1.54, 1.807) is 0 Å². The largest absolute Gasteiger partial charge is 0.481 e. The summed E-state index contributed by atoms with van der Waals surface area (Å²) < 4.78 is 0. The minimum Gasteiger partial charge on any atom is -0.481 e. The Morgan fingerprint density at radius 3 is 2.65 bits per heavy atom. The monoisotopic (exact) mass is 318 g/mol. The lowest BCUT2D eigenvalue weighted by Crippen LogP contribution is -2.51. The number of aliphatic hydroxyl groups excluding tert-OH is 1. The van der Waals surface area contributed by atoms with Crippen molar-refractivity contribution in [3.63, 3.8) is 0 Å². The maximum absolute atomic E-state index is 11.7. The van der Waals surface area contributed by atoms with Crippen LogP contribution in [0.4, 0.5) is 0 Å². The standard InChI is InChI=1S/C20H30O3/c1-19-9-7-13(21)11-12(19)3-4-14-15-5-6-17(18(22)23)20(15,2)10-8-16(14)19/h3,13-17,21H,4-11H2,1-2H3,(H,22,23)/t13-,14+,15+,16+,17-,19-,20+/m0/s1. The normalized spacial score (nSPS) is 52.1. The van der Waals surface area contributed by atoms with Crippen LogP contribution >= 0.6 is 0 Å². The first kappa shape index (κ1) is 15.7. The molecule has 4 aliphatic rings. The van der Waals surface area contributed by atoms with Gasteiger partial charge in [-0.15, -0.1) is 0 Å². The number of fused-ring (bicyclic) bond motifs is 5. The summed E-state index contributed by atoms with van der Waals surface area (Å²) in [6, 6.07) is 0. The first-order valence-electron chi connectivity index (χ1n) is 9.46. The van der Waals surface area contributed by atoms with E-state index in [2.05, 4.69) is 19.9 Å². The summed E-state index contributed by atoms with van der Waals surface area (Å²) in [5, 5.41) is 19.7. The van der Waals surface area contributed by atoms with Gasteiger partial charge in [0.1, 0.15) is 0 Å². The second kappa shape index (κ2) is 5.08. The molecule has 0 bridgehead atoms. The van der Waals surface area contributed by atoms with Gasteiger partial charge in [0.15, 0.2) is 0 Å². The van der Waals surface area contributed by atoms with Gasteiger partial charge >= 0.3 is 5.97 Å². The molecule has 0 amide bonds. The second-order valence-electron chi connectivity index (χ2n) is 9.17. The molecular weight excluding hydrogens is 288 g/mol. The molecule has 0 saturated heterocycles. The molecule has 0 aromatic carbocycles. The summed E-state index contributed by atoms with van der Waals surface area (Å²) >= 11 is 0. The molecule has 4 aliphatic carbocycles. The number of allylic oxidation sites excluding steroid dienone is 1. The third-order valence-corrected chi connectivity index (χ3v) is 8.38. The number of hydrogen-bond donors (Lipinski definition) is 2. The lowest BCUT2D eigenvalue weighted by Gasteiger charge is -2.57. The molecule has 2 N–H and O–H groups in total. The smallest absolute Gasteiger partial charge is 0.307 e. The van der Waals surface area contributed by atoms with Crippen LogP contribution in [0.15, 0.2) is 11.6 Å². The van der Waals surface area contributed by atoms with E-state index < -0.39 is 5.97 Å². The van der Waals surface area contributed by atoms with Gasteiger partial charge in [-0.05, 0) is 80.0 Å². The van der Waals surface area contributed by atoms with Crippen molar-refractivity contribution in [3.8, 4) is 0 Å². The molecule has 3 saturated carbocycles. The lowest BCUT2D eigenvalue weighted by molar-refractivity contribution is -0.148. The summed E-state index contributed by atoms with van der Waals surface area (Å²) in [6.45, 7) is 4.68. The quantitative estimate of drug-likeness (QED) is 0.718. The van der Waals surface area contributed by atoms with Crippen LogP contribution in [0.3, 0.4) is 0 Å². The van der Waals surface area contributed by atoms with E-state index in [-0.39, 0.29) is 22.9 Å². The molecule has 3 fully saturated rings. The predicted octanol–water partition coefficient (Wildman–Crippen LogP) is 4.01. The van der Waals surface area contributed by atoms with Crippen molar-refractivity contribution in [2.45, 2.75) is 71.3 Å². The fourth-order valence-corrected chi connectivity index (χ4v) is 7.05. The zero-order valence-electron chi connectivity index (χ0n) is 14.4. The Morgan fingerprint density at radius 1 is 1.13 bits per heavy atom. The molecule has 0 spiro atoms. The molecule has 0 unspecified atom stereocenters. The van der Waals surface area contributed by atoms with E-state index in [0.717, 1.165) is 44.9 Å². The van der Waals surface area contributed by atoms with Gasteiger partial charge in [0, 0.05) is 0 Å². The van der Waals surface area contributed by atoms with E-state index in [9.17, 15) is 15.0 Å². The van der Waals surface area contributed by atoms with Crippen molar-refractivity contribution >= 4 is 5.97 Å². The molecule has 0 radical (unpaired) electrons. The summed E-state index contributed by atoms with van der Waals surface area (Å²) in [7, 11) is 0. The maximum atomic E-state index is 11.7. The molecule has 0 aromatic rings. The minimum atomic E-state index is -0.576. The number of hydrogen-bond acceptors (Lipinski definition) is 2. The maximum Gasteiger partial charge on any atom is 0.307 e. The van der Waals surface area contributed by atoms with Crippen LogP contribution in [-0.4, -0.2) is 22.3 Å². The molecule has 23 heavy (non-hydrogen) atoms. The van der Waals surface area contributed by atoms with Gasteiger partial charge in [-0.25, -0.2) is 0 Å². The minimum absolute atomic E-state index is 0.00286. The molecular formula is C20H30O3. The summed E-state index contributed by atoms with van der Waals surface area (Å²) in [6.07, 6.45) is 10.5. The zero-order valence-corrected chi connectivity index (χ0v) is 14.4. The average molecular weight is 318 g/mol. The number of rotatable bonds is 1. The highest BCUT2D eigenvalue weighted by molar-refractivity contribution is 5.71. The Morgan fingerprint density at radius 2 is 1.91 bits per heavy atom. The molecule has 3 heteroatoms. The Hall–Kier alpha value is -0.830. The predicted molar refractivity (Wildman–Crippen MR) is 88.8 cm³/mol. The van der Waals surface area contributed by atoms with Crippen LogP contribution < -0.4 is 0 Å². The van der Waals surface area contributed by atoms with Crippen molar-refractivity contribution in [2.24, 2.45) is 34.5 Å². The van der Waals surface area contributed by atoms with Crippen LogP contribution in [-0.2, 0) is 4.79 Å². The number of carboxylic acid groups (broad SMARTS) is 1. The number of aliphatic carboxylic acids is 1. The van der Waals surface area contributed by atoms with Crippen molar-refractivity contribution < 1.29 is 15.0 Å². The Kier molecular flexibility index (Phi) is 3.46. The van der Waals surface area contributed by atoms with Crippen molar-refractivity contribution in [1.82, 2.24) is 0 Å². The molecule has 0 aliphatic heterocycles. The van der Waals surface area contributed by atoms with E-state index in [4.69, 9.17) is 0 Å². The Balaban J connectivity index is 1.66. The van der Waals surface area contributed by atoms with E-state index >= 15 is 0 Å². The fraction of sp³-hybridized carbons (Fsp3) is 0.850. The molecule has 0 aromatic heterocycles. The average Bonchev–Trinajstić information content (AvgIpc) is 2.85. The number of carbonyl (C=O) groups is 1. The van der Waals surface area contributed by atoms with Gasteiger partial charge in [-0.1, -0.05) is 25.5 Å². The van der Waals surface area contributed by atoms with Crippen LogP contribution in [0.2, 0.25) is 0 Å². The molecule has 0 heterocycles. The molecule has 7 atom stereocenters. The number of carboxylic acids is 1. The van der Waals surface area contributed by atoms with Crippen LogP contribution in [0.5, 0.6) is 0 Å². The third-order valence-electron chi connectivity index (χ3n) is 8.38. The zero-order chi connectivity index (χ0) is 16.4. The molecule has 128 valence electrons. The highest BCUT2D eigenvalue weighted by Crippen LogP contribution is 2.66. The van der Waals surface area contributed by atoms with Gasteiger partial charge < -0.3 is 10.2 Å². The molecule has 3 nitrogen and oxygen atoms in total. The van der Waals surface area contributed by atoms with Gasteiger partial charge in [-0.3, -0.25) is 4.79 Å². The number of aliphatic hydroxyl groups is 1. The van der Waals surface area contributed by atoms with E-state index in [1.165, 1.54) is 12.0 Å². The highest BCUT2D eigenvalue weighted by Gasteiger charge is 2.59. The fourth-order valence-electron chi connectivity index (χ4n) is 7.05. The van der Waals surface area contributed by atoms with Crippen molar-refractivity contribution in [3.05, 3.63) is 11.6 Å². The van der Waals surface area contributed by atoms with Crippen LogP contribution in [0.1, 0.15) is 65.2 Å². The lowest BCUT2D eigenvalue weighted by atomic mass is 9.47. The van der Waals surface area contributed by atoms with Gasteiger partial charge in [0.2, 0.25) is 0 Å². The van der Waals surface area contributed by atoms with Crippen LogP contribution in [0, 0.1) is 34.5 Å². The Labute approximate surface area is 139 Å². The van der Waals surface area contributed by atoms with E-state index in [1.807, 2.05) is 0 Å². The molecule has 4 rings (SSSR count). The Bertz CT molecular complexity index is 553.